The topological polar surface area (TPSA) is 41.6 Å². The zero-order valence-electron chi connectivity index (χ0n) is 13.0. The number of methoxy groups -OCH3 is 1. The molecule has 3 rings (SSSR count). The number of benzene rings is 2. The first-order chi connectivity index (χ1) is 11.2. The summed E-state index contributed by atoms with van der Waals surface area (Å²) in [6, 6.07) is 15.4. The summed E-state index contributed by atoms with van der Waals surface area (Å²) in [5.74, 6) is 1.06. The summed E-state index contributed by atoms with van der Waals surface area (Å²) in [6.45, 7) is 1.47. The number of amides is 2. The van der Waals surface area contributed by atoms with E-state index < -0.39 is 0 Å². The number of hydrogen-bond donors (Lipinski definition) is 1. The zero-order chi connectivity index (χ0) is 16.2. The van der Waals surface area contributed by atoms with Crippen LogP contribution in [0, 0.1) is 0 Å². The molecule has 1 unspecified atom stereocenters. The molecule has 4 nitrogen and oxygen atoms in total. The van der Waals surface area contributed by atoms with E-state index in [1.807, 2.05) is 23.1 Å². The molecule has 0 saturated carbocycles. The summed E-state index contributed by atoms with van der Waals surface area (Å²) in [6.07, 6.45) is 0.980. The lowest BCUT2D eigenvalue weighted by atomic mass is 9.99. The molecule has 0 spiro atoms. The number of ether oxygens (including phenoxy) is 1. The van der Waals surface area contributed by atoms with Crippen molar-refractivity contribution in [1.82, 2.24) is 4.90 Å². The molecule has 1 heterocycles. The first-order valence-corrected chi connectivity index (χ1v) is 7.99. The number of halogens is 1. The van der Waals surface area contributed by atoms with Gasteiger partial charge in [0.15, 0.2) is 0 Å². The second kappa shape index (κ2) is 6.92. The van der Waals surface area contributed by atoms with Crippen molar-refractivity contribution in [3.63, 3.8) is 0 Å². The number of anilines is 1. The fraction of sp³-hybridized carbons (Fsp3) is 0.278. The number of rotatable bonds is 3. The third-order valence-electron chi connectivity index (χ3n) is 4.16. The molecule has 1 atom stereocenters. The summed E-state index contributed by atoms with van der Waals surface area (Å²) in [7, 11) is 1.58. The molecule has 2 aromatic rings. The summed E-state index contributed by atoms with van der Waals surface area (Å²) >= 11 is 6.17. The molecule has 1 aliphatic heterocycles. The standard InChI is InChI=1S/C18H19ClN2O2/c1-23-15-7-8-17(16(19)11-15)20-18(22)21-10-9-14(12-21)13-5-3-2-4-6-13/h2-8,11,14H,9-10,12H2,1H3,(H,20,22). The minimum absolute atomic E-state index is 0.115. The zero-order valence-corrected chi connectivity index (χ0v) is 13.7. The van der Waals surface area contributed by atoms with Gasteiger partial charge in [-0.25, -0.2) is 4.79 Å². The van der Waals surface area contributed by atoms with Gasteiger partial charge in [-0.1, -0.05) is 41.9 Å². The molecule has 0 bridgehead atoms. The Morgan fingerprint density at radius 2 is 2.04 bits per heavy atom. The van der Waals surface area contributed by atoms with Crippen molar-refractivity contribution in [3.05, 3.63) is 59.1 Å². The first kappa shape index (κ1) is 15.7. The van der Waals surface area contributed by atoms with Crippen LogP contribution in [0.4, 0.5) is 10.5 Å². The highest BCUT2D eigenvalue weighted by Crippen LogP contribution is 2.29. The molecular formula is C18H19ClN2O2. The van der Waals surface area contributed by atoms with Crippen LogP contribution in [0.15, 0.2) is 48.5 Å². The lowest BCUT2D eigenvalue weighted by molar-refractivity contribution is 0.222. The fourth-order valence-corrected chi connectivity index (χ4v) is 3.08. The maximum atomic E-state index is 12.4. The average molecular weight is 331 g/mol. The van der Waals surface area contributed by atoms with Crippen molar-refractivity contribution in [2.24, 2.45) is 0 Å². The van der Waals surface area contributed by atoms with Gasteiger partial charge < -0.3 is 15.0 Å². The Labute approximate surface area is 141 Å². The van der Waals surface area contributed by atoms with Crippen molar-refractivity contribution in [1.29, 1.82) is 0 Å². The van der Waals surface area contributed by atoms with Crippen LogP contribution >= 0.6 is 11.6 Å². The van der Waals surface area contributed by atoms with Gasteiger partial charge in [0.1, 0.15) is 5.75 Å². The SMILES string of the molecule is COc1ccc(NC(=O)N2CCC(c3ccccc3)C2)c(Cl)c1. The Kier molecular flexibility index (Phi) is 4.72. The van der Waals surface area contributed by atoms with E-state index in [1.165, 1.54) is 5.56 Å². The van der Waals surface area contributed by atoms with Gasteiger partial charge in [-0.3, -0.25) is 0 Å². The molecule has 1 saturated heterocycles. The minimum Gasteiger partial charge on any atom is -0.497 e. The van der Waals surface area contributed by atoms with E-state index >= 15 is 0 Å². The Morgan fingerprint density at radius 3 is 2.74 bits per heavy atom. The third-order valence-corrected chi connectivity index (χ3v) is 4.48. The van der Waals surface area contributed by atoms with Crippen LogP contribution in [0.5, 0.6) is 5.75 Å². The lowest BCUT2D eigenvalue weighted by Gasteiger charge is -2.18. The summed E-state index contributed by atoms with van der Waals surface area (Å²) in [5, 5.41) is 3.34. The van der Waals surface area contributed by atoms with E-state index in [0.29, 0.717) is 22.4 Å². The Bertz CT molecular complexity index is 691. The van der Waals surface area contributed by atoms with Crippen molar-refractivity contribution in [2.75, 3.05) is 25.5 Å². The van der Waals surface area contributed by atoms with Gasteiger partial charge in [0.05, 0.1) is 17.8 Å². The Hall–Kier alpha value is -2.20. The first-order valence-electron chi connectivity index (χ1n) is 7.62. The molecule has 120 valence electrons. The molecule has 5 heteroatoms. The average Bonchev–Trinajstić information content (AvgIpc) is 3.07. The predicted octanol–water partition coefficient (Wildman–Crippen LogP) is 4.37. The molecule has 2 amide bonds. The highest BCUT2D eigenvalue weighted by Gasteiger charge is 2.27. The molecule has 1 fully saturated rings. The number of hydrogen-bond acceptors (Lipinski definition) is 2. The van der Waals surface area contributed by atoms with Gasteiger partial charge in [-0.05, 0) is 24.1 Å². The second-order valence-electron chi connectivity index (χ2n) is 5.62. The second-order valence-corrected chi connectivity index (χ2v) is 6.03. The largest absolute Gasteiger partial charge is 0.497 e. The van der Waals surface area contributed by atoms with Crippen molar-refractivity contribution < 1.29 is 9.53 Å². The number of likely N-dealkylation sites (tertiary alicyclic amines) is 1. The molecule has 23 heavy (non-hydrogen) atoms. The van der Waals surface area contributed by atoms with Crippen molar-refractivity contribution >= 4 is 23.3 Å². The monoisotopic (exact) mass is 330 g/mol. The summed E-state index contributed by atoms with van der Waals surface area (Å²) < 4.78 is 5.11. The quantitative estimate of drug-likeness (QED) is 0.908. The van der Waals surface area contributed by atoms with Crippen molar-refractivity contribution in [2.45, 2.75) is 12.3 Å². The van der Waals surface area contributed by atoms with Crippen molar-refractivity contribution in [3.8, 4) is 5.75 Å². The molecule has 0 aromatic heterocycles. The van der Waals surface area contributed by atoms with E-state index in [4.69, 9.17) is 16.3 Å². The molecule has 1 aliphatic rings. The maximum Gasteiger partial charge on any atom is 0.321 e. The highest BCUT2D eigenvalue weighted by molar-refractivity contribution is 6.33. The number of urea groups is 1. The van der Waals surface area contributed by atoms with Crippen LogP contribution in [0.2, 0.25) is 5.02 Å². The lowest BCUT2D eigenvalue weighted by Crippen LogP contribution is -2.32. The molecule has 0 radical (unpaired) electrons. The van der Waals surface area contributed by atoms with Gasteiger partial charge in [-0.2, -0.15) is 0 Å². The normalized spacial score (nSPS) is 17.1. The van der Waals surface area contributed by atoms with Gasteiger partial charge in [0.25, 0.3) is 0 Å². The van der Waals surface area contributed by atoms with E-state index in [1.54, 1.807) is 25.3 Å². The van der Waals surface area contributed by atoms with Crippen LogP contribution < -0.4 is 10.1 Å². The van der Waals surface area contributed by atoms with Gasteiger partial charge >= 0.3 is 6.03 Å². The van der Waals surface area contributed by atoms with E-state index in [9.17, 15) is 4.79 Å². The highest BCUT2D eigenvalue weighted by atomic mass is 35.5. The van der Waals surface area contributed by atoms with E-state index in [2.05, 4.69) is 17.4 Å². The number of carbonyl (C=O) groups is 1. The molecule has 1 N–H and O–H groups in total. The van der Waals surface area contributed by atoms with Crippen LogP contribution in [-0.4, -0.2) is 31.1 Å². The summed E-state index contributed by atoms with van der Waals surface area (Å²) in [4.78, 5) is 14.3. The van der Waals surface area contributed by atoms with Gasteiger partial charge in [0, 0.05) is 25.1 Å². The van der Waals surface area contributed by atoms with Crippen LogP contribution in [0.25, 0.3) is 0 Å². The Balaban J connectivity index is 1.63. The maximum absolute atomic E-state index is 12.4. The number of nitrogens with zero attached hydrogens (tertiary/aromatic N) is 1. The Morgan fingerprint density at radius 1 is 1.26 bits per heavy atom. The van der Waals surface area contributed by atoms with Gasteiger partial charge in [0.2, 0.25) is 0 Å². The molecular weight excluding hydrogens is 312 g/mol. The smallest absolute Gasteiger partial charge is 0.321 e. The molecule has 0 aliphatic carbocycles. The summed E-state index contributed by atoms with van der Waals surface area (Å²) in [5.41, 5.74) is 1.88. The minimum atomic E-state index is -0.115. The third kappa shape index (κ3) is 3.59. The molecule has 2 aromatic carbocycles. The van der Waals surface area contributed by atoms with Gasteiger partial charge in [-0.15, -0.1) is 0 Å². The van der Waals surface area contributed by atoms with Crippen LogP contribution in [0.1, 0.15) is 17.9 Å². The van der Waals surface area contributed by atoms with Crippen LogP contribution in [0.3, 0.4) is 0 Å². The predicted molar refractivity (Wildman–Crippen MR) is 92.4 cm³/mol. The fourth-order valence-electron chi connectivity index (χ4n) is 2.86. The van der Waals surface area contributed by atoms with E-state index in [0.717, 1.165) is 19.5 Å². The number of carbonyl (C=O) groups excluding carboxylic acids is 1. The van der Waals surface area contributed by atoms with E-state index in [-0.39, 0.29) is 6.03 Å². The number of nitrogens with one attached hydrogen (secondary N) is 1. The van der Waals surface area contributed by atoms with Crippen LogP contribution in [-0.2, 0) is 0 Å².